The first-order valence-electron chi connectivity index (χ1n) is 10.5. The number of nitrogens with zero attached hydrogens (tertiary/aromatic N) is 6. The summed E-state index contributed by atoms with van der Waals surface area (Å²) in [6, 6.07) is 0. The van der Waals surface area contributed by atoms with Gasteiger partial charge in [0.25, 0.3) is 11.1 Å². The fraction of sp³-hybridized carbons (Fsp3) is 0.476. The van der Waals surface area contributed by atoms with Crippen LogP contribution in [-0.2, 0) is 27.7 Å². The van der Waals surface area contributed by atoms with Gasteiger partial charge in [-0.25, -0.2) is 19.6 Å². The molecule has 0 aromatic carbocycles. The summed E-state index contributed by atoms with van der Waals surface area (Å²) in [5.74, 6) is -0.432. The van der Waals surface area contributed by atoms with E-state index in [2.05, 4.69) is 9.97 Å². The maximum atomic E-state index is 13.2. The predicted molar refractivity (Wildman–Crippen MR) is 130 cm³/mol. The third-order valence-corrected chi connectivity index (χ3v) is 6.51. The summed E-state index contributed by atoms with van der Waals surface area (Å²) in [7, 11) is 4.00. The van der Waals surface area contributed by atoms with E-state index in [4.69, 9.17) is 5.73 Å². The lowest BCUT2D eigenvalue weighted by Gasteiger charge is -2.17. The number of rotatable bonds is 6. The molecule has 0 aliphatic rings. The molecule has 13 heteroatoms. The predicted octanol–water partition coefficient (Wildman–Crippen LogP) is -0.202. The zero-order chi connectivity index (χ0) is 25.6. The zero-order valence-electron chi connectivity index (χ0n) is 20.1. The SMILES string of the molecule is Cc1nc(SC(C)C(=O)c2c(N)n(C)c(=O)n(C)c2=O)c2c(=O)n(C)c(=O)n(CC(C)C)c2n1. The van der Waals surface area contributed by atoms with E-state index in [0.29, 0.717) is 12.4 Å². The summed E-state index contributed by atoms with van der Waals surface area (Å²) in [5, 5.41) is -0.568. The summed E-state index contributed by atoms with van der Waals surface area (Å²) in [6.07, 6.45) is 0. The summed E-state index contributed by atoms with van der Waals surface area (Å²) >= 11 is 0.959. The number of hydrogen-bond acceptors (Lipinski definition) is 9. The van der Waals surface area contributed by atoms with E-state index in [1.165, 1.54) is 25.7 Å². The lowest BCUT2D eigenvalue weighted by atomic mass is 10.1. The molecule has 0 bridgehead atoms. The van der Waals surface area contributed by atoms with Gasteiger partial charge in [0.05, 0.1) is 5.25 Å². The van der Waals surface area contributed by atoms with Crippen molar-refractivity contribution >= 4 is 34.4 Å². The Morgan fingerprint density at radius 3 is 2.12 bits per heavy atom. The van der Waals surface area contributed by atoms with E-state index in [-0.39, 0.29) is 33.4 Å². The maximum absolute atomic E-state index is 13.2. The maximum Gasteiger partial charge on any atom is 0.332 e. The van der Waals surface area contributed by atoms with Gasteiger partial charge < -0.3 is 5.73 Å². The number of fused-ring (bicyclic) bond motifs is 1. The molecule has 3 aromatic heterocycles. The number of nitrogen functional groups attached to an aromatic ring is 1. The van der Waals surface area contributed by atoms with Crippen LogP contribution in [0.2, 0.25) is 0 Å². The average molecular weight is 490 g/mol. The number of nitrogens with two attached hydrogens (primary N) is 1. The van der Waals surface area contributed by atoms with Crippen molar-refractivity contribution in [3.05, 3.63) is 53.1 Å². The van der Waals surface area contributed by atoms with E-state index < -0.39 is 33.5 Å². The number of aromatic nitrogens is 6. The van der Waals surface area contributed by atoms with Crippen LogP contribution in [0.4, 0.5) is 5.82 Å². The molecule has 0 saturated heterocycles. The molecule has 0 radical (unpaired) electrons. The number of aryl methyl sites for hydroxylation is 1. The topological polar surface area (TPSA) is 157 Å². The van der Waals surface area contributed by atoms with Crippen LogP contribution in [0.1, 0.15) is 37.0 Å². The molecule has 0 fully saturated rings. The highest BCUT2D eigenvalue weighted by atomic mass is 32.2. The van der Waals surface area contributed by atoms with Gasteiger partial charge in [-0.2, -0.15) is 0 Å². The van der Waals surface area contributed by atoms with Crippen molar-refractivity contribution in [1.82, 2.24) is 28.2 Å². The van der Waals surface area contributed by atoms with Gasteiger partial charge in [0.15, 0.2) is 11.4 Å². The van der Waals surface area contributed by atoms with E-state index in [9.17, 15) is 24.0 Å². The Balaban J connectivity index is 2.20. The minimum atomic E-state index is -0.889. The van der Waals surface area contributed by atoms with E-state index >= 15 is 0 Å². The van der Waals surface area contributed by atoms with Crippen LogP contribution in [0.25, 0.3) is 11.0 Å². The minimum Gasteiger partial charge on any atom is -0.384 e. The molecule has 0 saturated carbocycles. The molecule has 0 aliphatic heterocycles. The highest BCUT2D eigenvalue weighted by Gasteiger charge is 2.27. The summed E-state index contributed by atoms with van der Waals surface area (Å²) in [4.78, 5) is 72.5. The Labute approximate surface area is 198 Å². The molecule has 182 valence electrons. The number of anilines is 1. The van der Waals surface area contributed by atoms with Crippen LogP contribution < -0.4 is 28.2 Å². The van der Waals surface area contributed by atoms with Crippen molar-refractivity contribution in [3.63, 3.8) is 0 Å². The van der Waals surface area contributed by atoms with Gasteiger partial charge >= 0.3 is 11.4 Å². The van der Waals surface area contributed by atoms with Crippen molar-refractivity contribution in [2.45, 2.75) is 44.5 Å². The van der Waals surface area contributed by atoms with Crippen LogP contribution in [0, 0.1) is 12.8 Å². The molecule has 0 spiro atoms. The second-order valence-electron chi connectivity index (χ2n) is 8.52. The molecule has 3 rings (SSSR count). The Morgan fingerprint density at radius 2 is 1.53 bits per heavy atom. The standard InChI is InChI=1S/C21H27N7O5S/c1-9(2)8-28-16-13(19(31)27(7)21(28)33)17(24-11(4)23-16)34-10(3)14(29)12-15(22)25(5)20(32)26(6)18(12)30/h9-10H,8,22H2,1-7H3. The first kappa shape index (κ1) is 25.1. The van der Waals surface area contributed by atoms with Crippen LogP contribution >= 0.6 is 11.8 Å². The Kier molecular flexibility index (Phi) is 6.69. The van der Waals surface area contributed by atoms with Gasteiger partial charge in [0.1, 0.15) is 27.6 Å². The molecule has 3 aromatic rings. The lowest BCUT2D eigenvalue weighted by Crippen LogP contribution is -2.42. The third-order valence-electron chi connectivity index (χ3n) is 5.42. The van der Waals surface area contributed by atoms with Gasteiger partial charge in [-0.3, -0.25) is 32.7 Å². The Hall–Kier alpha value is -3.48. The molecule has 1 unspecified atom stereocenters. The summed E-state index contributed by atoms with van der Waals surface area (Å²) in [5.41, 5.74) is 3.27. The summed E-state index contributed by atoms with van der Waals surface area (Å²) < 4.78 is 4.25. The zero-order valence-corrected chi connectivity index (χ0v) is 20.9. The fourth-order valence-corrected chi connectivity index (χ4v) is 4.61. The van der Waals surface area contributed by atoms with Crippen LogP contribution in [-0.4, -0.2) is 39.3 Å². The minimum absolute atomic E-state index is 0.106. The second-order valence-corrected chi connectivity index (χ2v) is 9.85. The Morgan fingerprint density at radius 1 is 0.941 bits per heavy atom. The van der Waals surface area contributed by atoms with E-state index in [1.807, 2.05) is 13.8 Å². The van der Waals surface area contributed by atoms with Crippen molar-refractivity contribution in [3.8, 4) is 0 Å². The molecule has 2 N–H and O–H groups in total. The number of carbonyl (C=O) groups is 1. The molecule has 3 heterocycles. The molecule has 12 nitrogen and oxygen atoms in total. The van der Waals surface area contributed by atoms with E-state index in [0.717, 1.165) is 25.5 Å². The molecule has 0 amide bonds. The van der Waals surface area contributed by atoms with Gasteiger partial charge in [-0.15, -0.1) is 0 Å². The Bertz CT molecular complexity index is 1560. The molecule has 0 aliphatic carbocycles. The van der Waals surface area contributed by atoms with Crippen molar-refractivity contribution in [2.75, 3.05) is 5.73 Å². The van der Waals surface area contributed by atoms with Crippen LogP contribution in [0.15, 0.2) is 24.2 Å². The second kappa shape index (κ2) is 9.05. The molecular weight excluding hydrogens is 462 g/mol. The lowest BCUT2D eigenvalue weighted by molar-refractivity contribution is 0.0992. The van der Waals surface area contributed by atoms with E-state index in [1.54, 1.807) is 13.8 Å². The highest BCUT2D eigenvalue weighted by molar-refractivity contribution is 8.00. The first-order chi connectivity index (χ1) is 15.8. The van der Waals surface area contributed by atoms with Gasteiger partial charge in [0.2, 0.25) is 0 Å². The summed E-state index contributed by atoms with van der Waals surface area (Å²) in [6.45, 7) is 7.38. The van der Waals surface area contributed by atoms with Gasteiger partial charge in [0, 0.05) is 27.7 Å². The van der Waals surface area contributed by atoms with Crippen LogP contribution in [0.3, 0.4) is 0 Å². The van der Waals surface area contributed by atoms with Crippen molar-refractivity contribution in [1.29, 1.82) is 0 Å². The van der Waals surface area contributed by atoms with Gasteiger partial charge in [-0.1, -0.05) is 25.6 Å². The normalized spacial score (nSPS) is 12.5. The molecule has 34 heavy (non-hydrogen) atoms. The third kappa shape index (κ3) is 4.11. The average Bonchev–Trinajstić information content (AvgIpc) is 2.77. The first-order valence-corrected chi connectivity index (χ1v) is 11.4. The monoisotopic (exact) mass is 489 g/mol. The van der Waals surface area contributed by atoms with Crippen LogP contribution in [0.5, 0.6) is 0 Å². The number of carbonyl (C=O) groups excluding carboxylic acids is 1. The molecule has 1 atom stereocenters. The fourth-order valence-electron chi connectivity index (χ4n) is 3.57. The quantitative estimate of drug-likeness (QED) is 0.281. The highest BCUT2D eigenvalue weighted by Crippen LogP contribution is 2.28. The van der Waals surface area contributed by atoms with Crippen molar-refractivity contribution < 1.29 is 4.79 Å². The largest absolute Gasteiger partial charge is 0.384 e. The number of thioether (sulfide) groups is 1. The molecular formula is C21H27N7O5S. The van der Waals surface area contributed by atoms with Gasteiger partial charge in [-0.05, 0) is 19.8 Å². The number of hydrogen-bond donors (Lipinski definition) is 1. The number of ketones is 1. The van der Waals surface area contributed by atoms with Crippen molar-refractivity contribution in [2.24, 2.45) is 27.1 Å². The smallest absolute Gasteiger partial charge is 0.332 e. The number of Topliss-reactive ketones (excluding diaryl/α,β-unsaturated/α-hetero) is 1.